The molecule has 44 heavy (non-hydrogen) atoms. The summed E-state index contributed by atoms with van der Waals surface area (Å²) in [6.07, 6.45) is 1.58. The van der Waals surface area contributed by atoms with Gasteiger partial charge in [-0.05, 0) is 80.1 Å². The van der Waals surface area contributed by atoms with Crippen molar-refractivity contribution in [1.82, 2.24) is 5.32 Å². The van der Waals surface area contributed by atoms with E-state index in [1.807, 2.05) is 13.0 Å². The van der Waals surface area contributed by atoms with Crippen LogP contribution < -0.4 is 26.4 Å². The monoisotopic (exact) mass is 608 g/mol. The summed E-state index contributed by atoms with van der Waals surface area (Å²) in [5.41, 5.74) is 7.58. The molecular weight excluding hydrogens is 576 g/mol. The number of amides is 4. The molecule has 0 saturated heterocycles. The zero-order valence-corrected chi connectivity index (χ0v) is 25.0. The Morgan fingerprint density at radius 1 is 0.864 bits per heavy atom. The first kappa shape index (κ1) is 31.6. The number of rotatable bonds is 12. The summed E-state index contributed by atoms with van der Waals surface area (Å²) < 4.78 is 5.50. The average molecular weight is 609 g/mol. The first-order valence-corrected chi connectivity index (χ1v) is 14.7. The highest BCUT2D eigenvalue weighted by Crippen LogP contribution is 2.27. The molecule has 0 aliphatic rings. The Labute approximate surface area is 259 Å². The average Bonchev–Trinajstić information content (AvgIpc) is 3.02. The number of anilines is 2. The fourth-order valence-corrected chi connectivity index (χ4v) is 5.01. The quantitative estimate of drug-likeness (QED) is 0.120. The zero-order chi connectivity index (χ0) is 31.5. The summed E-state index contributed by atoms with van der Waals surface area (Å²) in [5.74, 6) is -1.22. The molecule has 0 spiro atoms. The topological polar surface area (TPSA) is 140 Å². The summed E-state index contributed by atoms with van der Waals surface area (Å²) in [6.45, 7) is 4.15. The Morgan fingerprint density at radius 2 is 1.57 bits per heavy atom. The van der Waals surface area contributed by atoms with Crippen molar-refractivity contribution in [2.75, 3.05) is 17.2 Å². The van der Waals surface area contributed by atoms with Crippen molar-refractivity contribution >= 4 is 52.8 Å². The molecule has 10 heteroatoms. The van der Waals surface area contributed by atoms with Crippen molar-refractivity contribution in [3.05, 3.63) is 126 Å². The summed E-state index contributed by atoms with van der Waals surface area (Å²) >= 11 is 1.27. The van der Waals surface area contributed by atoms with E-state index in [9.17, 15) is 19.2 Å². The van der Waals surface area contributed by atoms with Crippen LogP contribution in [0.2, 0.25) is 0 Å². The van der Waals surface area contributed by atoms with Crippen molar-refractivity contribution in [1.29, 1.82) is 0 Å². The molecule has 0 aliphatic carbocycles. The minimum absolute atomic E-state index is 0.0435. The second kappa shape index (κ2) is 15.2. The Bertz CT molecular complexity index is 1670. The minimum Gasteiger partial charge on any atom is -0.494 e. The molecular formula is C34H32N4O5S. The largest absolute Gasteiger partial charge is 0.494 e. The molecule has 4 aromatic rings. The van der Waals surface area contributed by atoms with E-state index in [0.717, 1.165) is 4.90 Å². The van der Waals surface area contributed by atoms with Crippen LogP contribution >= 0.6 is 11.8 Å². The van der Waals surface area contributed by atoms with Crippen molar-refractivity contribution in [2.45, 2.75) is 24.0 Å². The molecule has 0 fully saturated rings. The number of nitrogens with one attached hydrogen (secondary N) is 3. The molecule has 4 amide bonds. The predicted octanol–water partition coefficient (Wildman–Crippen LogP) is 5.71. The second-order valence-electron chi connectivity index (χ2n) is 9.52. The lowest BCUT2D eigenvalue weighted by Crippen LogP contribution is -2.30. The smallest absolute Gasteiger partial charge is 0.272 e. The van der Waals surface area contributed by atoms with Gasteiger partial charge in [-0.25, -0.2) is 0 Å². The number of para-hydroxylation sites is 1. The summed E-state index contributed by atoms with van der Waals surface area (Å²) in [5, 5.41) is 7.78. The standard InChI is InChI=1S/C34H32N4O5S/c1-3-43-26-18-16-23(17-19-26)20-30(38-33(41)24-10-5-4-6-11-24)34(42)36-25-12-9-13-27(21-25)44-22(2)32(40)37-29-15-8-7-14-28(29)31(35)39/h4-22H,3H2,1-2H3,(H2,35,39)(H,36,42)(H,37,40)(H,38,41)/b30-20+. The van der Waals surface area contributed by atoms with Crippen LogP contribution in [-0.4, -0.2) is 35.5 Å². The summed E-state index contributed by atoms with van der Waals surface area (Å²) in [4.78, 5) is 51.7. The lowest BCUT2D eigenvalue weighted by molar-refractivity contribution is -0.115. The number of carbonyl (C=O) groups excluding carboxylic acids is 4. The van der Waals surface area contributed by atoms with Gasteiger partial charge in [0.1, 0.15) is 11.4 Å². The Hall–Kier alpha value is -5.35. The van der Waals surface area contributed by atoms with Crippen LogP contribution in [0.3, 0.4) is 0 Å². The van der Waals surface area contributed by atoms with Crippen molar-refractivity contribution in [3.8, 4) is 5.75 Å². The van der Waals surface area contributed by atoms with Gasteiger partial charge in [-0.3, -0.25) is 19.2 Å². The highest BCUT2D eigenvalue weighted by Gasteiger charge is 2.19. The maximum atomic E-state index is 13.5. The highest BCUT2D eigenvalue weighted by atomic mass is 32.2. The van der Waals surface area contributed by atoms with Gasteiger partial charge in [0.25, 0.3) is 17.7 Å². The third-order valence-corrected chi connectivity index (χ3v) is 7.35. The van der Waals surface area contributed by atoms with Crippen LogP contribution in [0.15, 0.2) is 114 Å². The fourth-order valence-electron chi connectivity index (χ4n) is 4.08. The van der Waals surface area contributed by atoms with E-state index < -0.39 is 23.0 Å². The van der Waals surface area contributed by atoms with E-state index in [2.05, 4.69) is 16.0 Å². The van der Waals surface area contributed by atoms with E-state index in [0.29, 0.717) is 34.9 Å². The van der Waals surface area contributed by atoms with E-state index in [1.165, 1.54) is 11.8 Å². The molecule has 4 rings (SSSR count). The van der Waals surface area contributed by atoms with E-state index in [-0.39, 0.29) is 17.2 Å². The lowest BCUT2D eigenvalue weighted by atomic mass is 10.1. The Kier molecular flexibility index (Phi) is 10.9. The molecule has 5 N–H and O–H groups in total. The van der Waals surface area contributed by atoms with Crippen LogP contribution in [0.4, 0.5) is 11.4 Å². The summed E-state index contributed by atoms with van der Waals surface area (Å²) in [7, 11) is 0. The third kappa shape index (κ3) is 8.83. The van der Waals surface area contributed by atoms with Crippen LogP contribution in [0.5, 0.6) is 5.75 Å². The van der Waals surface area contributed by atoms with Gasteiger partial charge in [0, 0.05) is 16.1 Å². The van der Waals surface area contributed by atoms with Crippen LogP contribution in [-0.2, 0) is 9.59 Å². The van der Waals surface area contributed by atoms with Gasteiger partial charge in [0.05, 0.1) is 23.1 Å². The Morgan fingerprint density at radius 3 is 2.27 bits per heavy atom. The van der Waals surface area contributed by atoms with Gasteiger partial charge in [0.2, 0.25) is 5.91 Å². The number of hydrogen-bond donors (Lipinski definition) is 4. The number of primary amides is 1. The maximum Gasteiger partial charge on any atom is 0.272 e. The first-order valence-electron chi connectivity index (χ1n) is 13.8. The zero-order valence-electron chi connectivity index (χ0n) is 24.2. The number of hydrogen-bond acceptors (Lipinski definition) is 6. The van der Waals surface area contributed by atoms with Gasteiger partial charge in [0.15, 0.2) is 0 Å². The van der Waals surface area contributed by atoms with Crippen LogP contribution in [0, 0.1) is 0 Å². The third-order valence-electron chi connectivity index (χ3n) is 6.26. The molecule has 1 unspecified atom stereocenters. The molecule has 9 nitrogen and oxygen atoms in total. The van der Waals surface area contributed by atoms with Crippen molar-refractivity contribution in [3.63, 3.8) is 0 Å². The van der Waals surface area contributed by atoms with Gasteiger partial charge < -0.3 is 26.4 Å². The highest BCUT2D eigenvalue weighted by molar-refractivity contribution is 8.00. The van der Waals surface area contributed by atoms with Crippen molar-refractivity contribution in [2.24, 2.45) is 5.73 Å². The van der Waals surface area contributed by atoms with Gasteiger partial charge in [-0.2, -0.15) is 0 Å². The van der Waals surface area contributed by atoms with Gasteiger partial charge >= 0.3 is 0 Å². The molecule has 0 aromatic heterocycles. The second-order valence-corrected chi connectivity index (χ2v) is 10.9. The lowest BCUT2D eigenvalue weighted by Gasteiger charge is -2.15. The molecule has 0 aliphatic heterocycles. The number of carbonyl (C=O) groups is 4. The number of ether oxygens (including phenoxy) is 1. The molecule has 0 heterocycles. The number of benzene rings is 4. The molecule has 0 saturated carbocycles. The van der Waals surface area contributed by atoms with E-state index in [1.54, 1.807) is 110 Å². The normalized spacial score (nSPS) is 11.6. The van der Waals surface area contributed by atoms with Gasteiger partial charge in [-0.15, -0.1) is 11.8 Å². The van der Waals surface area contributed by atoms with E-state index in [4.69, 9.17) is 10.5 Å². The Balaban J connectivity index is 1.49. The van der Waals surface area contributed by atoms with Crippen LogP contribution in [0.25, 0.3) is 6.08 Å². The SMILES string of the molecule is CCOc1ccc(/C=C(/NC(=O)c2ccccc2)C(=O)Nc2cccc(SC(C)C(=O)Nc3ccccc3C(N)=O)c2)cc1. The number of nitrogens with two attached hydrogens (primary N) is 1. The minimum atomic E-state index is -0.638. The fraction of sp³-hybridized carbons (Fsp3) is 0.118. The molecule has 4 aromatic carbocycles. The number of thioether (sulfide) groups is 1. The molecule has 0 radical (unpaired) electrons. The summed E-state index contributed by atoms with van der Waals surface area (Å²) in [6, 6.07) is 29.3. The predicted molar refractivity (Wildman–Crippen MR) is 173 cm³/mol. The van der Waals surface area contributed by atoms with Crippen molar-refractivity contribution < 1.29 is 23.9 Å². The molecule has 224 valence electrons. The maximum absolute atomic E-state index is 13.5. The first-order chi connectivity index (χ1) is 21.2. The molecule has 0 bridgehead atoms. The van der Waals surface area contributed by atoms with Crippen LogP contribution in [0.1, 0.15) is 40.1 Å². The van der Waals surface area contributed by atoms with E-state index >= 15 is 0 Å². The van der Waals surface area contributed by atoms with Gasteiger partial charge in [-0.1, -0.05) is 48.5 Å². The molecule has 1 atom stereocenters.